The summed E-state index contributed by atoms with van der Waals surface area (Å²) in [5.74, 6) is -0.483. The Morgan fingerprint density at radius 2 is 2.25 bits per heavy atom. The van der Waals surface area contributed by atoms with E-state index in [1.165, 1.54) is 12.1 Å². The molecule has 1 fully saturated rings. The van der Waals surface area contributed by atoms with Gasteiger partial charge in [-0.05, 0) is 44.6 Å². The molecule has 1 aliphatic heterocycles. The topological polar surface area (TPSA) is 75.4 Å². The third-order valence-electron chi connectivity index (χ3n) is 3.49. The zero-order valence-corrected chi connectivity index (χ0v) is 12.3. The van der Waals surface area contributed by atoms with Gasteiger partial charge >= 0.3 is 0 Å². The van der Waals surface area contributed by atoms with Crippen molar-refractivity contribution in [3.63, 3.8) is 0 Å². The van der Waals surface area contributed by atoms with Gasteiger partial charge in [0.25, 0.3) is 0 Å². The Balaban J connectivity index is 2.17. The third-order valence-corrected chi connectivity index (χ3v) is 5.01. The fourth-order valence-corrected chi connectivity index (χ4v) is 3.74. The van der Waals surface area contributed by atoms with Crippen molar-refractivity contribution >= 4 is 10.0 Å². The van der Waals surface area contributed by atoms with E-state index in [0.29, 0.717) is 6.54 Å². The summed E-state index contributed by atoms with van der Waals surface area (Å²) in [5.41, 5.74) is 5.61. The van der Waals surface area contributed by atoms with Crippen molar-refractivity contribution in [2.45, 2.75) is 30.3 Å². The molecule has 1 heterocycles. The van der Waals surface area contributed by atoms with E-state index in [4.69, 9.17) is 5.73 Å². The Hall–Kier alpha value is -1.02. The van der Waals surface area contributed by atoms with Crippen molar-refractivity contribution in [2.24, 2.45) is 5.73 Å². The second-order valence-electron chi connectivity index (χ2n) is 5.18. The van der Waals surface area contributed by atoms with Crippen LogP contribution in [0.15, 0.2) is 23.1 Å². The predicted molar refractivity (Wildman–Crippen MR) is 75.1 cm³/mol. The van der Waals surface area contributed by atoms with E-state index in [-0.39, 0.29) is 23.0 Å². The number of hydrogen-bond donors (Lipinski definition) is 2. The molecule has 0 amide bonds. The summed E-state index contributed by atoms with van der Waals surface area (Å²) < 4.78 is 40.6. The molecule has 0 aromatic heterocycles. The molecule has 2 rings (SSSR count). The maximum absolute atomic E-state index is 13.4. The van der Waals surface area contributed by atoms with Crippen molar-refractivity contribution in [2.75, 3.05) is 20.1 Å². The number of nitrogens with one attached hydrogen (secondary N) is 1. The maximum atomic E-state index is 13.4. The number of likely N-dealkylation sites (tertiary alicyclic amines) is 1. The summed E-state index contributed by atoms with van der Waals surface area (Å²) >= 11 is 0. The number of nitrogens with two attached hydrogens (primary N) is 1. The minimum Gasteiger partial charge on any atom is -0.326 e. The van der Waals surface area contributed by atoms with E-state index in [9.17, 15) is 12.8 Å². The molecule has 1 aliphatic rings. The third kappa shape index (κ3) is 3.54. The number of sulfonamides is 1. The van der Waals surface area contributed by atoms with Gasteiger partial charge in [0.15, 0.2) is 0 Å². The summed E-state index contributed by atoms with van der Waals surface area (Å²) in [7, 11) is -1.67. The first-order valence-corrected chi connectivity index (χ1v) is 8.10. The van der Waals surface area contributed by atoms with Crippen LogP contribution in [-0.2, 0) is 16.6 Å². The van der Waals surface area contributed by atoms with Crippen LogP contribution in [0.2, 0.25) is 0 Å². The molecule has 1 aromatic carbocycles. The van der Waals surface area contributed by atoms with Gasteiger partial charge in [-0.25, -0.2) is 17.5 Å². The van der Waals surface area contributed by atoms with Crippen LogP contribution in [0, 0.1) is 5.82 Å². The first kappa shape index (κ1) is 15.4. The molecule has 0 saturated carbocycles. The second-order valence-corrected chi connectivity index (χ2v) is 6.89. The van der Waals surface area contributed by atoms with E-state index in [2.05, 4.69) is 9.62 Å². The van der Waals surface area contributed by atoms with E-state index in [1.54, 1.807) is 0 Å². The van der Waals surface area contributed by atoms with E-state index < -0.39 is 15.8 Å². The smallest absolute Gasteiger partial charge is 0.240 e. The fourth-order valence-electron chi connectivity index (χ4n) is 2.42. The molecule has 0 spiro atoms. The molecule has 5 nitrogen and oxygen atoms in total. The van der Waals surface area contributed by atoms with Crippen LogP contribution in [0.25, 0.3) is 0 Å². The van der Waals surface area contributed by atoms with Crippen molar-refractivity contribution in [1.82, 2.24) is 9.62 Å². The summed E-state index contributed by atoms with van der Waals surface area (Å²) in [6, 6.07) is 3.60. The van der Waals surface area contributed by atoms with Crippen LogP contribution in [-0.4, -0.2) is 39.5 Å². The summed E-state index contributed by atoms with van der Waals surface area (Å²) in [4.78, 5) is 2.15. The highest BCUT2D eigenvalue weighted by atomic mass is 32.2. The monoisotopic (exact) mass is 301 g/mol. The standard InChI is InChI=1S/C13H20FN3O2S/c1-17-6-2-3-11(9-17)16-20(18,19)12-4-5-13(14)10(7-12)8-15/h4-5,7,11,16H,2-3,6,8-9,15H2,1H3. The van der Waals surface area contributed by atoms with Crippen LogP contribution >= 0.6 is 0 Å². The molecule has 3 N–H and O–H groups in total. The van der Waals surface area contributed by atoms with Crippen molar-refractivity contribution in [3.8, 4) is 0 Å². The number of halogens is 1. The lowest BCUT2D eigenvalue weighted by Crippen LogP contribution is -2.46. The number of piperidine rings is 1. The molecule has 1 unspecified atom stereocenters. The Morgan fingerprint density at radius 3 is 2.90 bits per heavy atom. The highest BCUT2D eigenvalue weighted by Crippen LogP contribution is 2.17. The van der Waals surface area contributed by atoms with Gasteiger partial charge in [-0.2, -0.15) is 0 Å². The quantitative estimate of drug-likeness (QED) is 0.856. The van der Waals surface area contributed by atoms with E-state index in [1.807, 2.05) is 7.05 Å². The highest BCUT2D eigenvalue weighted by molar-refractivity contribution is 7.89. The van der Waals surface area contributed by atoms with Gasteiger partial charge in [-0.15, -0.1) is 0 Å². The lowest BCUT2D eigenvalue weighted by Gasteiger charge is -2.30. The van der Waals surface area contributed by atoms with Crippen molar-refractivity contribution in [1.29, 1.82) is 0 Å². The molecule has 0 aliphatic carbocycles. The van der Waals surface area contributed by atoms with Gasteiger partial charge < -0.3 is 10.6 Å². The molecule has 1 aromatic rings. The van der Waals surface area contributed by atoms with E-state index in [0.717, 1.165) is 25.5 Å². The average molecular weight is 301 g/mol. The zero-order chi connectivity index (χ0) is 14.8. The summed E-state index contributed by atoms with van der Waals surface area (Å²) in [6.45, 7) is 1.64. The molecule has 1 atom stereocenters. The Bertz CT molecular complexity index is 577. The van der Waals surface area contributed by atoms with Crippen LogP contribution in [0.1, 0.15) is 18.4 Å². The summed E-state index contributed by atoms with van der Waals surface area (Å²) in [5, 5.41) is 0. The van der Waals surface area contributed by atoms with Gasteiger partial charge in [0.05, 0.1) is 4.90 Å². The minimum absolute atomic E-state index is 0.0264. The Kier molecular flexibility index (Phi) is 4.74. The largest absolute Gasteiger partial charge is 0.326 e. The molecule has 0 bridgehead atoms. The second kappa shape index (κ2) is 6.17. The molecule has 7 heteroatoms. The molecule has 20 heavy (non-hydrogen) atoms. The maximum Gasteiger partial charge on any atom is 0.240 e. The van der Waals surface area contributed by atoms with Crippen LogP contribution in [0.5, 0.6) is 0 Å². The summed E-state index contributed by atoms with van der Waals surface area (Å²) in [6.07, 6.45) is 1.77. The normalized spacial score (nSPS) is 21.1. The first-order chi connectivity index (χ1) is 9.42. The van der Waals surface area contributed by atoms with Gasteiger partial charge in [0, 0.05) is 24.7 Å². The number of rotatable bonds is 4. The number of benzene rings is 1. The lowest BCUT2D eigenvalue weighted by molar-refractivity contribution is 0.242. The molecule has 0 radical (unpaired) electrons. The SMILES string of the molecule is CN1CCCC(NS(=O)(=O)c2ccc(F)c(CN)c2)C1. The van der Waals surface area contributed by atoms with E-state index >= 15 is 0 Å². The molecular formula is C13H20FN3O2S. The Morgan fingerprint density at radius 1 is 1.50 bits per heavy atom. The van der Waals surface area contributed by atoms with Gasteiger partial charge in [-0.1, -0.05) is 0 Å². The van der Waals surface area contributed by atoms with Gasteiger partial charge in [0.1, 0.15) is 5.82 Å². The number of nitrogens with zero attached hydrogens (tertiary/aromatic N) is 1. The van der Waals surface area contributed by atoms with Gasteiger partial charge in [-0.3, -0.25) is 0 Å². The molecular weight excluding hydrogens is 281 g/mol. The van der Waals surface area contributed by atoms with Crippen molar-refractivity contribution < 1.29 is 12.8 Å². The minimum atomic E-state index is -3.63. The fraction of sp³-hybridized carbons (Fsp3) is 0.538. The van der Waals surface area contributed by atoms with Crippen molar-refractivity contribution in [3.05, 3.63) is 29.6 Å². The average Bonchev–Trinajstić information content (AvgIpc) is 2.38. The number of hydrogen-bond acceptors (Lipinski definition) is 4. The van der Waals surface area contributed by atoms with Gasteiger partial charge in [0.2, 0.25) is 10.0 Å². The lowest BCUT2D eigenvalue weighted by atomic mass is 10.1. The van der Waals surface area contributed by atoms with Crippen LogP contribution in [0.4, 0.5) is 4.39 Å². The first-order valence-electron chi connectivity index (χ1n) is 6.62. The predicted octanol–water partition coefficient (Wildman–Crippen LogP) is 0.657. The zero-order valence-electron chi connectivity index (χ0n) is 11.5. The highest BCUT2D eigenvalue weighted by Gasteiger charge is 2.24. The molecule has 1 saturated heterocycles. The van der Waals surface area contributed by atoms with Crippen LogP contribution in [0.3, 0.4) is 0 Å². The Labute approximate surface area is 119 Å². The van der Waals surface area contributed by atoms with Crippen LogP contribution < -0.4 is 10.5 Å². The number of likely N-dealkylation sites (N-methyl/N-ethyl adjacent to an activating group) is 1. The molecule has 112 valence electrons.